The minimum absolute atomic E-state index is 0.0214. The third-order valence-electron chi connectivity index (χ3n) is 2.78. The lowest BCUT2D eigenvalue weighted by atomic mass is 10.1. The minimum atomic E-state index is -1.50. The van der Waals surface area contributed by atoms with Gasteiger partial charge in [-0.25, -0.2) is 13.6 Å². The van der Waals surface area contributed by atoms with Crippen LogP contribution in [0.15, 0.2) is 36.4 Å². The van der Waals surface area contributed by atoms with Gasteiger partial charge in [0, 0.05) is 5.56 Å². The van der Waals surface area contributed by atoms with Crippen molar-refractivity contribution in [2.75, 3.05) is 5.32 Å². The second-order valence-electron chi connectivity index (χ2n) is 4.44. The Bertz CT molecular complexity index is 709. The largest absolute Gasteiger partial charge is 0.478 e. The van der Waals surface area contributed by atoms with E-state index in [-0.39, 0.29) is 11.3 Å². The van der Waals surface area contributed by atoms with Crippen molar-refractivity contribution in [1.82, 2.24) is 0 Å². The second-order valence-corrected chi connectivity index (χ2v) is 4.44. The molecule has 2 aromatic rings. The molecule has 2 N–H and O–H groups in total. The van der Waals surface area contributed by atoms with Gasteiger partial charge < -0.3 is 10.4 Å². The van der Waals surface area contributed by atoms with Crippen molar-refractivity contribution < 1.29 is 23.5 Å². The van der Waals surface area contributed by atoms with Crippen molar-refractivity contribution in [1.29, 1.82) is 0 Å². The molecule has 0 unspecified atom stereocenters. The molecule has 0 saturated carbocycles. The van der Waals surface area contributed by atoms with Gasteiger partial charge in [0.2, 0.25) is 0 Å². The Morgan fingerprint density at radius 2 is 1.86 bits per heavy atom. The highest BCUT2D eigenvalue weighted by atomic mass is 19.1. The van der Waals surface area contributed by atoms with E-state index in [1.165, 1.54) is 24.3 Å². The number of rotatable bonds is 3. The van der Waals surface area contributed by atoms with Crippen LogP contribution in [0.25, 0.3) is 0 Å². The molecule has 0 aliphatic heterocycles. The normalized spacial score (nSPS) is 10.2. The van der Waals surface area contributed by atoms with Gasteiger partial charge in [-0.3, -0.25) is 4.79 Å². The molecule has 108 valence electrons. The van der Waals surface area contributed by atoms with Gasteiger partial charge in [0.05, 0.1) is 5.69 Å². The van der Waals surface area contributed by atoms with E-state index in [2.05, 4.69) is 5.32 Å². The van der Waals surface area contributed by atoms with E-state index in [0.29, 0.717) is 5.56 Å². The van der Waals surface area contributed by atoms with Gasteiger partial charge in [0.25, 0.3) is 5.91 Å². The van der Waals surface area contributed by atoms with E-state index in [0.717, 1.165) is 12.1 Å². The fraction of sp³-hybridized carbons (Fsp3) is 0.0667. The van der Waals surface area contributed by atoms with Crippen LogP contribution in [0.3, 0.4) is 0 Å². The first-order valence-electron chi connectivity index (χ1n) is 5.99. The molecular weight excluding hydrogens is 280 g/mol. The molecule has 0 atom stereocenters. The number of hydrogen-bond acceptors (Lipinski definition) is 2. The van der Waals surface area contributed by atoms with Gasteiger partial charge in [-0.05, 0) is 42.8 Å². The molecule has 1 amide bonds. The van der Waals surface area contributed by atoms with Crippen molar-refractivity contribution >= 4 is 17.6 Å². The summed E-state index contributed by atoms with van der Waals surface area (Å²) >= 11 is 0. The molecule has 0 fully saturated rings. The summed E-state index contributed by atoms with van der Waals surface area (Å²) in [4.78, 5) is 23.0. The Kier molecular flexibility index (Phi) is 3.98. The lowest BCUT2D eigenvalue weighted by Gasteiger charge is -2.09. The number of nitrogens with one attached hydrogen (secondary N) is 1. The number of anilines is 1. The number of carboxylic acid groups (broad SMARTS) is 1. The topological polar surface area (TPSA) is 66.4 Å². The molecule has 4 nitrogen and oxygen atoms in total. The monoisotopic (exact) mass is 291 g/mol. The van der Waals surface area contributed by atoms with Crippen LogP contribution >= 0.6 is 0 Å². The Morgan fingerprint density at radius 3 is 2.48 bits per heavy atom. The number of amides is 1. The highest BCUT2D eigenvalue weighted by Gasteiger charge is 2.18. The molecule has 0 heterocycles. The molecular formula is C15H11F2NO3. The first-order chi connectivity index (χ1) is 9.88. The maximum absolute atomic E-state index is 13.5. The molecule has 2 aromatic carbocycles. The molecule has 0 bridgehead atoms. The maximum atomic E-state index is 13.5. The van der Waals surface area contributed by atoms with E-state index < -0.39 is 29.1 Å². The lowest BCUT2D eigenvalue weighted by molar-refractivity contribution is 0.0693. The Balaban J connectivity index is 2.36. The van der Waals surface area contributed by atoms with E-state index in [9.17, 15) is 18.4 Å². The number of carbonyl (C=O) groups is 2. The zero-order chi connectivity index (χ0) is 15.6. The molecule has 0 radical (unpaired) electrons. The number of aromatic carboxylic acids is 1. The highest BCUT2D eigenvalue weighted by Crippen LogP contribution is 2.20. The fourth-order valence-electron chi connectivity index (χ4n) is 1.91. The number of carbonyl (C=O) groups excluding carboxylic acids is 1. The number of hydrogen-bond donors (Lipinski definition) is 2. The fourth-order valence-corrected chi connectivity index (χ4v) is 1.91. The standard InChI is InChI=1S/C15H11F2NO3/c1-8-5-9(7-10(16)6-8)14(19)18-12-4-2-3-11(17)13(12)15(20)21/h2-7H,1H3,(H,18,19)(H,20,21). The predicted molar refractivity (Wildman–Crippen MR) is 72.4 cm³/mol. The molecule has 0 spiro atoms. The summed E-state index contributed by atoms with van der Waals surface area (Å²) in [5.74, 6) is -3.77. The quantitative estimate of drug-likeness (QED) is 0.912. The number of halogens is 2. The van der Waals surface area contributed by atoms with Crippen LogP contribution in [-0.2, 0) is 0 Å². The maximum Gasteiger partial charge on any atom is 0.340 e. The molecule has 6 heteroatoms. The summed E-state index contributed by atoms with van der Waals surface area (Å²) in [5, 5.41) is 11.2. The van der Waals surface area contributed by atoms with Crippen LogP contribution in [0.5, 0.6) is 0 Å². The lowest BCUT2D eigenvalue weighted by Crippen LogP contribution is -2.16. The van der Waals surface area contributed by atoms with E-state index >= 15 is 0 Å². The number of benzene rings is 2. The first kappa shape index (κ1) is 14.6. The van der Waals surface area contributed by atoms with Gasteiger partial charge in [0.1, 0.15) is 17.2 Å². The third-order valence-corrected chi connectivity index (χ3v) is 2.78. The highest BCUT2D eigenvalue weighted by molar-refractivity contribution is 6.07. The van der Waals surface area contributed by atoms with Crippen molar-refractivity contribution in [3.8, 4) is 0 Å². The van der Waals surface area contributed by atoms with Crippen LogP contribution in [0, 0.1) is 18.6 Å². The van der Waals surface area contributed by atoms with Crippen LogP contribution < -0.4 is 5.32 Å². The van der Waals surface area contributed by atoms with Gasteiger partial charge in [-0.2, -0.15) is 0 Å². The first-order valence-corrected chi connectivity index (χ1v) is 5.99. The van der Waals surface area contributed by atoms with Gasteiger partial charge >= 0.3 is 5.97 Å². The zero-order valence-corrected chi connectivity index (χ0v) is 11.0. The van der Waals surface area contributed by atoms with E-state index in [1.54, 1.807) is 6.92 Å². The second kappa shape index (κ2) is 5.70. The summed E-state index contributed by atoms with van der Waals surface area (Å²) in [5.41, 5.74) is -0.265. The summed E-state index contributed by atoms with van der Waals surface area (Å²) in [6, 6.07) is 7.22. The number of carboxylic acids is 1. The van der Waals surface area contributed by atoms with Crippen LogP contribution in [0.1, 0.15) is 26.3 Å². The Morgan fingerprint density at radius 1 is 1.14 bits per heavy atom. The SMILES string of the molecule is Cc1cc(F)cc(C(=O)Nc2cccc(F)c2C(=O)O)c1. The van der Waals surface area contributed by atoms with Crippen LogP contribution in [0.2, 0.25) is 0 Å². The molecule has 2 rings (SSSR count). The average molecular weight is 291 g/mol. The van der Waals surface area contributed by atoms with E-state index in [4.69, 9.17) is 5.11 Å². The molecule has 0 aliphatic carbocycles. The van der Waals surface area contributed by atoms with Crippen LogP contribution in [-0.4, -0.2) is 17.0 Å². The summed E-state index contributed by atoms with van der Waals surface area (Å²) < 4.78 is 26.8. The summed E-state index contributed by atoms with van der Waals surface area (Å²) in [6.45, 7) is 1.62. The number of aryl methyl sites for hydroxylation is 1. The minimum Gasteiger partial charge on any atom is -0.478 e. The molecule has 0 aliphatic rings. The van der Waals surface area contributed by atoms with Crippen molar-refractivity contribution in [3.63, 3.8) is 0 Å². The Labute approximate surface area is 119 Å². The van der Waals surface area contributed by atoms with E-state index in [1.807, 2.05) is 0 Å². The van der Waals surface area contributed by atoms with Gasteiger partial charge in [0.15, 0.2) is 0 Å². The van der Waals surface area contributed by atoms with Crippen molar-refractivity contribution in [2.45, 2.75) is 6.92 Å². The zero-order valence-electron chi connectivity index (χ0n) is 11.0. The molecule has 0 saturated heterocycles. The smallest absolute Gasteiger partial charge is 0.340 e. The van der Waals surface area contributed by atoms with Crippen molar-refractivity contribution in [3.05, 3.63) is 64.7 Å². The molecule has 0 aromatic heterocycles. The Hall–Kier alpha value is -2.76. The van der Waals surface area contributed by atoms with Crippen molar-refractivity contribution in [2.24, 2.45) is 0 Å². The third kappa shape index (κ3) is 3.22. The van der Waals surface area contributed by atoms with Gasteiger partial charge in [-0.1, -0.05) is 6.07 Å². The van der Waals surface area contributed by atoms with Gasteiger partial charge in [-0.15, -0.1) is 0 Å². The predicted octanol–water partition coefficient (Wildman–Crippen LogP) is 3.22. The summed E-state index contributed by atoms with van der Waals surface area (Å²) in [7, 11) is 0. The summed E-state index contributed by atoms with van der Waals surface area (Å²) in [6.07, 6.45) is 0. The average Bonchev–Trinajstić information content (AvgIpc) is 2.37. The molecule has 21 heavy (non-hydrogen) atoms. The van der Waals surface area contributed by atoms with Crippen LogP contribution in [0.4, 0.5) is 14.5 Å².